The number of amides is 1. The number of hydrogen-bond donors (Lipinski definition) is 2. The van der Waals surface area contributed by atoms with E-state index in [1.165, 1.54) is 0 Å². The predicted molar refractivity (Wildman–Crippen MR) is 46.6 cm³/mol. The average molecular weight is 171 g/mol. The number of carbonyl (C=O) groups is 1. The molecule has 0 spiro atoms. The molecule has 1 aliphatic carbocycles. The Morgan fingerprint density at radius 3 is 2.58 bits per heavy atom. The van der Waals surface area contributed by atoms with Crippen molar-refractivity contribution >= 4 is 5.91 Å². The molecule has 0 aliphatic heterocycles. The summed E-state index contributed by atoms with van der Waals surface area (Å²) in [6.45, 7) is 6.20. The first kappa shape index (κ1) is 9.52. The van der Waals surface area contributed by atoms with Gasteiger partial charge in [-0.2, -0.15) is 0 Å². The summed E-state index contributed by atoms with van der Waals surface area (Å²) in [5.41, 5.74) is 0.183. The van der Waals surface area contributed by atoms with Gasteiger partial charge < -0.3 is 10.4 Å². The minimum Gasteiger partial charge on any atom is -0.392 e. The molecule has 0 aromatic rings. The molecule has 1 unspecified atom stereocenters. The van der Waals surface area contributed by atoms with Crippen LogP contribution in [0.1, 0.15) is 27.2 Å². The lowest BCUT2D eigenvalue weighted by molar-refractivity contribution is -0.123. The fourth-order valence-electron chi connectivity index (χ4n) is 1.29. The van der Waals surface area contributed by atoms with E-state index in [1.807, 2.05) is 0 Å². The lowest BCUT2D eigenvalue weighted by Crippen LogP contribution is -2.32. The zero-order valence-electron chi connectivity index (χ0n) is 7.92. The molecule has 0 radical (unpaired) electrons. The van der Waals surface area contributed by atoms with E-state index >= 15 is 0 Å². The zero-order chi connectivity index (χ0) is 9.35. The van der Waals surface area contributed by atoms with Gasteiger partial charge in [0.2, 0.25) is 5.91 Å². The van der Waals surface area contributed by atoms with Gasteiger partial charge in [-0.15, -0.1) is 0 Å². The fourth-order valence-corrected chi connectivity index (χ4v) is 1.29. The van der Waals surface area contributed by atoms with E-state index in [4.69, 9.17) is 5.11 Å². The topological polar surface area (TPSA) is 49.3 Å². The summed E-state index contributed by atoms with van der Waals surface area (Å²) in [7, 11) is 0. The number of nitrogens with one attached hydrogen (secondary N) is 1. The van der Waals surface area contributed by atoms with Crippen LogP contribution in [0.2, 0.25) is 0 Å². The van der Waals surface area contributed by atoms with Crippen molar-refractivity contribution in [2.75, 3.05) is 6.54 Å². The summed E-state index contributed by atoms with van der Waals surface area (Å²) in [6, 6.07) is 0. The molecule has 0 heterocycles. The molecule has 1 aliphatic rings. The van der Waals surface area contributed by atoms with Crippen molar-refractivity contribution in [2.24, 2.45) is 11.3 Å². The predicted octanol–water partition coefficient (Wildman–Crippen LogP) is 0.529. The van der Waals surface area contributed by atoms with E-state index in [2.05, 4.69) is 19.2 Å². The van der Waals surface area contributed by atoms with Crippen molar-refractivity contribution in [1.29, 1.82) is 0 Å². The van der Waals surface area contributed by atoms with E-state index in [0.717, 1.165) is 6.42 Å². The summed E-state index contributed by atoms with van der Waals surface area (Å²) < 4.78 is 0. The van der Waals surface area contributed by atoms with Gasteiger partial charge in [0, 0.05) is 12.5 Å². The molecule has 70 valence electrons. The average Bonchev–Trinajstić information content (AvgIpc) is 2.55. The van der Waals surface area contributed by atoms with Crippen LogP contribution in [0, 0.1) is 11.3 Å². The van der Waals surface area contributed by atoms with Gasteiger partial charge in [-0.25, -0.2) is 0 Å². The Labute approximate surface area is 73.2 Å². The maximum Gasteiger partial charge on any atom is 0.223 e. The van der Waals surface area contributed by atoms with Gasteiger partial charge in [0.1, 0.15) is 0 Å². The van der Waals surface area contributed by atoms with Crippen molar-refractivity contribution in [2.45, 2.75) is 33.3 Å². The van der Waals surface area contributed by atoms with Crippen LogP contribution in [0.4, 0.5) is 0 Å². The van der Waals surface area contributed by atoms with Gasteiger partial charge in [-0.05, 0) is 18.8 Å². The molecule has 12 heavy (non-hydrogen) atoms. The summed E-state index contributed by atoms with van der Waals surface area (Å²) in [5, 5.41) is 11.6. The molecule has 2 N–H and O–H groups in total. The minimum atomic E-state index is -0.448. The Morgan fingerprint density at radius 1 is 1.75 bits per heavy atom. The third-order valence-electron chi connectivity index (χ3n) is 2.40. The Morgan fingerprint density at radius 2 is 2.25 bits per heavy atom. The molecule has 1 amide bonds. The number of rotatable bonds is 3. The van der Waals surface area contributed by atoms with Crippen molar-refractivity contribution in [1.82, 2.24) is 5.32 Å². The molecular formula is C9H17NO2. The van der Waals surface area contributed by atoms with Gasteiger partial charge in [0.05, 0.1) is 6.10 Å². The molecule has 0 bridgehead atoms. The summed E-state index contributed by atoms with van der Waals surface area (Å²) in [4.78, 5) is 11.3. The maximum absolute atomic E-state index is 11.3. The second kappa shape index (κ2) is 3.05. The van der Waals surface area contributed by atoms with E-state index in [9.17, 15) is 4.79 Å². The summed E-state index contributed by atoms with van der Waals surface area (Å²) >= 11 is 0. The Balaban J connectivity index is 2.23. The first-order valence-electron chi connectivity index (χ1n) is 4.39. The Kier molecular flexibility index (Phi) is 2.42. The first-order valence-corrected chi connectivity index (χ1v) is 4.39. The molecule has 3 nitrogen and oxygen atoms in total. The molecule has 0 aromatic heterocycles. The van der Waals surface area contributed by atoms with Crippen LogP contribution in [0.3, 0.4) is 0 Å². The van der Waals surface area contributed by atoms with Gasteiger partial charge in [-0.1, -0.05) is 13.8 Å². The summed E-state index contributed by atoms with van der Waals surface area (Å²) in [5.74, 6) is 0.247. The molecule has 0 saturated heterocycles. The quantitative estimate of drug-likeness (QED) is 0.650. The lowest BCUT2D eigenvalue weighted by Gasteiger charge is -2.07. The van der Waals surface area contributed by atoms with Crippen LogP contribution in [0.25, 0.3) is 0 Å². The normalized spacial score (nSPS) is 27.8. The van der Waals surface area contributed by atoms with E-state index in [0.29, 0.717) is 6.54 Å². The second-order valence-electron chi connectivity index (χ2n) is 4.34. The van der Waals surface area contributed by atoms with Crippen LogP contribution in [-0.2, 0) is 4.79 Å². The lowest BCUT2D eigenvalue weighted by atomic mass is 10.1. The highest BCUT2D eigenvalue weighted by Crippen LogP contribution is 2.51. The Hall–Kier alpha value is -0.570. The second-order valence-corrected chi connectivity index (χ2v) is 4.34. The number of aliphatic hydroxyl groups excluding tert-OH is 1. The maximum atomic E-state index is 11.3. The van der Waals surface area contributed by atoms with Crippen LogP contribution in [-0.4, -0.2) is 23.7 Å². The number of aliphatic hydroxyl groups is 1. The van der Waals surface area contributed by atoms with Crippen LogP contribution in [0.5, 0.6) is 0 Å². The van der Waals surface area contributed by atoms with Crippen LogP contribution < -0.4 is 5.32 Å². The highest BCUT2D eigenvalue weighted by molar-refractivity contribution is 5.82. The monoisotopic (exact) mass is 171 g/mol. The zero-order valence-corrected chi connectivity index (χ0v) is 7.92. The molecule has 2 atom stereocenters. The van der Waals surface area contributed by atoms with Crippen molar-refractivity contribution in [3.63, 3.8) is 0 Å². The van der Waals surface area contributed by atoms with Gasteiger partial charge in [0.15, 0.2) is 0 Å². The van der Waals surface area contributed by atoms with E-state index in [-0.39, 0.29) is 17.2 Å². The molecule has 1 fully saturated rings. The third kappa shape index (κ3) is 2.21. The highest BCUT2D eigenvalue weighted by atomic mass is 16.3. The van der Waals surface area contributed by atoms with Crippen molar-refractivity contribution in [3.05, 3.63) is 0 Å². The summed E-state index contributed by atoms with van der Waals surface area (Å²) in [6.07, 6.45) is 0.523. The third-order valence-corrected chi connectivity index (χ3v) is 2.40. The molecule has 3 heteroatoms. The standard InChI is InChI=1S/C9H17NO2/c1-6(11)5-10-8(12)7-4-9(7,2)3/h6-7,11H,4-5H2,1-3H3,(H,10,12)/t6-,7?/m1/s1. The van der Waals surface area contributed by atoms with Crippen molar-refractivity contribution < 1.29 is 9.90 Å². The SMILES string of the molecule is C[C@@H](O)CNC(=O)C1CC1(C)C. The van der Waals surface area contributed by atoms with E-state index in [1.54, 1.807) is 6.92 Å². The molecule has 1 saturated carbocycles. The van der Waals surface area contributed by atoms with Crippen LogP contribution >= 0.6 is 0 Å². The number of carbonyl (C=O) groups excluding carboxylic acids is 1. The first-order chi connectivity index (χ1) is 5.43. The Bertz CT molecular complexity index is 187. The smallest absolute Gasteiger partial charge is 0.223 e. The molecular weight excluding hydrogens is 154 g/mol. The number of hydrogen-bond acceptors (Lipinski definition) is 2. The van der Waals surface area contributed by atoms with Gasteiger partial charge in [0.25, 0.3) is 0 Å². The van der Waals surface area contributed by atoms with Gasteiger partial charge in [-0.3, -0.25) is 4.79 Å². The largest absolute Gasteiger partial charge is 0.392 e. The highest BCUT2D eigenvalue weighted by Gasteiger charge is 2.50. The van der Waals surface area contributed by atoms with E-state index < -0.39 is 6.10 Å². The van der Waals surface area contributed by atoms with Gasteiger partial charge >= 0.3 is 0 Å². The van der Waals surface area contributed by atoms with Crippen LogP contribution in [0.15, 0.2) is 0 Å². The molecule has 0 aromatic carbocycles. The van der Waals surface area contributed by atoms with Crippen molar-refractivity contribution in [3.8, 4) is 0 Å². The fraction of sp³-hybridized carbons (Fsp3) is 0.889. The minimum absolute atomic E-state index is 0.0842. The molecule has 1 rings (SSSR count).